The summed E-state index contributed by atoms with van der Waals surface area (Å²) in [6.07, 6.45) is -1.90. The molecule has 3 N–H and O–H groups in total. The highest BCUT2D eigenvalue weighted by atomic mass is 32.1. The van der Waals surface area contributed by atoms with Crippen LogP contribution in [0.5, 0.6) is 0 Å². The summed E-state index contributed by atoms with van der Waals surface area (Å²) in [5, 5.41) is 22.6. The fraction of sp³-hybridized carbons (Fsp3) is 0.562. The number of carbonyl (C=O) groups excluding carboxylic acids is 1. The van der Waals surface area contributed by atoms with Gasteiger partial charge in [-0.15, -0.1) is 0 Å². The van der Waals surface area contributed by atoms with Crippen molar-refractivity contribution in [2.75, 3.05) is 5.75 Å². The average molecular weight is 327 g/mol. The Balaban J connectivity index is 2.63. The molecule has 0 fully saturated rings. The van der Waals surface area contributed by atoms with Crippen LogP contribution in [-0.2, 0) is 11.3 Å². The predicted molar refractivity (Wildman–Crippen MR) is 89.0 cm³/mol. The molecule has 0 aliphatic carbocycles. The van der Waals surface area contributed by atoms with Gasteiger partial charge in [-0.1, -0.05) is 24.3 Å². The minimum Gasteiger partial charge on any atom is -0.444 e. The minimum absolute atomic E-state index is 0.290. The van der Waals surface area contributed by atoms with Gasteiger partial charge < -0.3 is 20.3 Å². The second-order valence-corrected chi connectivity index (χ2v) is 6.57. The van der Waals surface area contributed by atoms with Crippen LogP contribution in [-0.4, -0.2) is 33.8 Å². The molecule has 1 rings (SSSR count). The van der Waals surface area contributed by atoms with Crippen LogP contribution in [0.15, 0.2) is 24.3 Å². The molecular weight excluding hydrogens is 302 g/mol. The molecule has 2 atom stereocenters. The third-order valence-electron chi connectivity index (χ3n) is 2.92. The molecule has 1 aromatic rings. The zero-order chi connectivity index (χ0) is 16.8. The van der Waals surface area contributed by atoms with Crippen LogP contribution in [0, 0.1) is 0 Å². The molecule has 0 spiro atoms. The van der Waals surface area contributed by atoms with Crippen molar-refractivity contribution >= 4 is 18.7 Å². The van der Waals surface area contributed by atoms with Crippen molar-refractivity contribution < 1.29 is 19.7 Å². The Morgan fingerprint density at radius 2 is 2.05 bits per heavy atom. The first-order valence-electron chi connectivity index (χ1n) is 7.25. The van der Waals surface area contributed by atoms with Crippen LogP contribution >= 0.6 is 12.6 Å². The molecule has 0 saturated carbocycles. The van der Waals surface area contributed by atoms with Crippen molar-refractivity contribution in [3.63, 3.8) is 0 Å². The third kappa shape index (κ3) is 6.68. The molecule has 0 bridgehead atoms. The van der Waals surface area contributed by atoms with Crippen molar-refractivity contribution in [2.24, 2.45) is 0 Å². The Hall–Kier alpha value is -1.24. The molecule has 0 aliphatic heterocycles. The number of amides is 1. The number of aliphatic hydroxyl groups excluding tert-OH is 2. The molecule has 0 aromatic heterocycles. The highest BCUT2D eigenvalue weighted by Gasteiger charge is 2.18. The van der Waals surface area contributed by atoms with Crippen molar-refractivity contribution in [3.8, 4) is 0 Å². The Morgan fingerprint density at radius 3 is 2.64 bits per heavy atom. The van der Waals surface area contributed by atoms with Gasteiger partial charge in [-0.05, 0) is 44.1 Å². The van der Waals surface area contributed by atoms with Crippen molar-refractivity contribution in [2.45, 2.75) is 51.5 Å². The molecule has 0 aliphatic rings. The van der Waals surface area contributed by atoms with E-state index in [1.165, 1.54) is 0 Å². The Kier molecular flexibility index (Phi) is 7.19. The fourth-order valence-electron chi connectivity index (χ4n) is 1.89. The van der Waals surface area contributed by atoms with E-state index < -0.39 is 23.9 Å². The van der Waals surface area contributed by atoms with Crippen LogP contribution in [0.4, 0.5) is 4.79 Å². The summed E-state index contributed by atoms with van der Waals surface area (Å²) >= 11 is 4.04. The predicted octanol–water partition coefficient (Wildman–Crippen LogP) is 2.43. The van der Waals surface area contributed by atoms with Crippen molar-refractivity contribution in [1.29, 1.82) is 0 Å². The first-order valence-corrected chi connectivity index (χ1v) is 7.89. The van der Waals surface area contributed by atoms with E-state index in [1.807, 2.05) is 6.07 Å². The number of benzene rings is 1. The maximum absolute atomic E-state index is 11.6. The van der Waals surface area contributed by atoms with E-state index in [0.717, 1.165) is 5.56 Å². The molecule has 2 unspecified atom stereocenters. The highest BCUT2D eigenvalue weighted by molar-refractivity contribution is 7.80. The van der Waals surface area contributed by atoms with Crippen LogP contribution in [0.1, 0.15) is 44.4 Å². The van der Waals surface area contributed by atoms with E-state index in [1.54, 1.807) is 39.0 Å². The van der Waals surface area contributed by atoms with E-state index >= 15 is 0 Å². The Bertz CT molecular complexity index is 487. The number of nitrogens with one attached hydrogen (secondary N) is 1. The zero-order valence-corrected chi connectivity index (χ0v) is 14.1. The second kappa shape index (κ2) is 8.41. The lowest BCUT2D eigenvalue weighted by Gasteiger charge is -2.20. The van der Waals surface area contributed by atoms with E-state index in [9.17, 15) is 15.0 Å². The number of hydrogen-bond acceptors (Lipinski definition) is 5. The van der Waals surface area contributed by atoms with E-state index in [4.69, 9.17) is 4.74 Å². The quantitative estimate of drug-likeness (QED) is 0.605. The Morgan fingerprint density at radius 1 is 1.36 bits per heavy atom. The van der Waals surface area contributed by atoms with Crippen molar-refractivity contribution in [3.05, 3.63) is 35.4 Å². The summed E-state index contributed by atoms with van der Waals surface area (Å²) < 4.78 is 5.16. The molecule has 1 aromatic carbocycles. The first kappa shape index (κ1) is 18.8. The summed E-state index contributed by atoms with van der Waals surface area (Å²) in [4.78, 5) is 11.6. The second-order valence-electron chi connectivity index (χ2n) is 6.12. The largest absolute Gasteiger partial charge is 0.444 e. The number of carbonyl (C=O) groups is 1. The summed E-state index contributed by atoms with van der Waals surface area (Å²) in [6, 6.07) is 7.10. The van der Waals surface area contributed by atoms with Gasteiger partial charge in [0.05, 0.1) is 6.10 Å². The monoisotopic (exact) mass is 327 g/mol. The van der Waals surface area contributed by atoms with Gasteiger partial charge in [0, 0.05) is 6.54 Å². The maximum Gasteiger partial charge on any atom is 0.407 e. The topological polar surface area (TPSA) is 78.8 Å². The third-order valence-corrected chi connectivity index (χ3v) is 3.18. The SMILES string of the molecule is CC(C)(C)OC(=O)NCc1cccc(C(O)C(O)CCS)c1. The molecule has 124 valence electrons. The molecule has 1 amide bonds. The standard InChI is InChI=1S/C16H25NO4S/c1-16(2,3)21-15(20)17-10-11-5-4-6-12(9-11)14(19)13(18)7-8-22/h4-6,9,13-14,18-19,22H,7-8,10H2,1-3H3,(H,17,20). The highest BCUT2D eigenvalue weighted by Crippen LogP contribution is 2.20. The van der Waals surface area contributed by atoms with Crippen LogP contribution < -0.4 is 5.32 Å². The average Bonchev–Trinajstić information content (AvgIpc) is 2.43. The lowest BCUT2D eigenvalue weighted by molar-refractivity contribution is 0.0172. The molecule has 0 saturated heterocycles. The number of alkyl carbamates (subject to hydrolysis) is 1. The van der Waals surface area contributed by atoms with E-state index in [-0.39, 0.29) is 6.54 Å². The summed E-state index contributed by atoms with van der Waals surface area (Å²) in [5.41, 5.74) is 0.886. The molecule has 0 radical (unpaired) electrons. The van der Waals surface area contributed by atoms with Gasteiger partial charge in [0.1, 0.15) is 11.7 Å². The lowest BCUT2D eigenvalue weighted by Crippen LogP contribution is -2.32. The summed E-state index contributed by atoms with van der Waals surface area (Å²) in [6.45, 7) is 5.68. The van der Waals surface area contributed by atoms with Gasteiger partial charge in [0.25, 0.3) is 0 Å². The number of ether oxygens (including phenoxy) is 1. The summed E-state index contributed by atoms with van der Waals surface area (Å²) in [7, 11) is 0. The number of hydrogen-bond donors (Lipinski definition) is 4. The van der Waals surface area contributed by atoms with Crippen LogP contribution in [0.3, 0.4) is 0 Å². The van der Waals surface area contributed by atoms with Crippen molar-refractivity contribution in [1.82, 2.24) is 5.32 Å². The van der Waals surface area contributed by atoms with Crippen LogP contribution in [0.2, 0.25) is 0 Å². The number of rotatable bonds is 6. The first-order chi connectivity index (χ1) is 10.2. The number of thiol groups is 1. The van der Waals surface area contributed by atoms with Gasteiger partial charge in [0.15, 0.2) is 0 Å². The molecule has 0 heterocycles. The van der Waals surface area contributed by atoms with Gasteiger partial charge in [0.2, 0.25) is 0 Å². The molecule has 22 heavy (non-hydrogen) atoms. The lowest BCUT2D eigenvalue weighted by atomic mass is 10.0. The smallest absolute Gasteiger partial charge is 0.407 e. The summed E-state index contributed by atoms with van der Waals surface area (Å²) in [5.74, 6) is 0.498. The minimum atomic E-state index is -0.964. The van der Waals surface area contributed by atoms with Gasteiger partial charge in [-0.3, -0.25) is 0 Å². The van der Waals surface area contributed by atoms with E-state index in [2.05, 4.69) is 17.9 Å². The molecule has 5 nitrogen and oxygen atoms in total. The van der Waals surface area contributed by atoms with E-state index in [0.29, 0.717) is 17.7 Å². The normalized spacial score (nSPS) is 14.3. The van der Waals surface area contributed by atoms with Gasteiger partial charge in [-0.25, -0.2) is 4.79 Å². The van der Waals surface area contributed by atoms with Crippen LogP contribution in [0.25, 0.3) is 0 Å². The zero-order valence-electron chi connectivity index (χ0n) is 13.2. The maximum atomic E-state index is 11.6. The number of aliphatic hydroxyl groups is 2. The van der Waals surface area contributed by atoms with Gasteiger partial charge >= 0.3 is 6.09 Å². The fourth-order valence-corrected chi connectivity index (χ4v) is 2.15. The molecular formula is C16H25NO4S. The van der Waals surface area contributed by atoms with Gasteiger partial charge in [-0.2, -0.15) is 12.6 Å². The Labute approximate surface area is 137 Å². The molecule has 6 heteroatoms.